The number of aryl methyl sites for hydroxylation is 1. The number of likely N-dealkylation sites (N-methyl/N-ethyl adjacent to an activating group) is 1. The summed E-state index contributed by atoms with van der Waals surface area (Å²) in [5.74, 6) is 0. The third-order valence-corrected chi connectivity index (χ3v) is 2.78. The lowest BCUT2D eigenvalue weighted by atomic mass is 10.1. The molecule has 0 aliphatic carbocycles. The molecule has 78 valence electrons. The van der Waals surface area contributed by atoms with Gasteiger partial charge in [0, 0.05) is 30.3 Å². The van der Waals surface area contributed by atoms with E-state index in [4.69, 9.17) is 17.3 Å². The molecule has 0 bridgehead atoms. The van der Waals surface area contributed by atoms with Gasteiger partial charge in [0.2, 0.25) is 0 Å². The van der Waals surface area contributed by atoms with Crippen LogP contribution in [-0.2, 0) is 0 Å². The largest absolute Gasteiger partial charge is 0.370 e. The van der Waals surface area contributed by atoms with E-state index in [2.05, 4.69) is 18.7 Å². The van der Waals surface area contributed by atoms with E-state index in [0.717, 1.165) is 5.02 Å². The van der Waals surface area contributed by atoms with Crippen molar-refractivity contribution >= 4 is 17.3 Å². The van der Waals surface area contributed by atoms with Gasteiger partial charge in [-0.1, -0.05) is 11.6 Å². The summed E-state index contributed by atoms with van der Waals surface area (Å²) in [5.41, 5.74) is 7.99. The van der Waals surface area contributed by atoms with E-state index in [9.17, 15) is 0 Å². The zero-order valence-electron chi connectivity index (χ0n) is 8.92. The Hall–Kier alpha value is -0.730. The van der Waals surface area contributed by atoms with E-state index in [1.165, 1.54) is 11.3 Å². The van der Waals surface area contributed by atoms with Gasteiger partial charge in [0.05, 0.1) is 0 Å². The van der Waals surface area contributed by atoms with Crippen LogP contribution in [0.25, 0.3) is 0 Å². The molecule has 1 atom stereocenters. The molecule has 0 aliphatic rings. The Morgan fingerprint density at radius 2 is 2.14 bits per heavy atom. The maximum Gasteiger partial charge on any atom is 0.0410 e. The fraction of sp³-hybridized carbons (Fsp3) is 0.455. The first-order chi connectivity index (χ1) is 6.56. The molecule has 2 N–H and O–H groups in total. The highest BCUT2D eigenvalue weighted by molar-refractivity contribution is 6.30. The maximum absolute atomic E-state index is 5.89. The molecule has 14 heavy (non-hydrogen) atoms. The molecule has 0 saturated carbocycles. The van der Waals surface area contributed by atoms with Gasteiger partial charge in [-0.3, -0.25) is 0 Å². The first-order valence-electron chi connectivity index (χ1n) is 4.75. The molecule has 0 heterocycles. The highest BCUT2D eigenvalue weighted by Crippen LogP contribution is 2.23. The van der Waals surface area contributed by atoms with Crippen molar-refractivity contribution in [3.63, 3.8) is 0 Å². The lowest BCUT2D eigenvalue weighted by molar-refractivity contribution is 0.694. The molecule has 0 saturated heterocycles. The Labute approximate surface area is 90.7 Å². The van der Waals surface area contributed by atoms with Gasteiger partial charge in [-0.2, -0.15) is 0 Å². The Balaban J connectivity index is 2.95. The number of halogens is 1. The fourth-order valence-corrected chi connectivity index (χ4v) is 1.64. The second kappa shape index (κ2) is 4.67. The van der Waals surface area contributed by atoms with Crippen LogP contribution >= 0.6 is 11.6 Å². The highest BCUT2D eigenvalue weighted by Gasteiger charge is 2.10. The Bertz CT molecular complexity index is 312. The zero-order chi connectivity index (χ0) is 10.7. The molecule has 0 fully saturated rings. The topological polar surface area (TPSA) is 29.3 Å². The molecule has 0 spiro atoms. The SMILES string of the molecule is Cc1cc(Cl)ccc1N(C)C(C)CN. The van der Waals surface area contributed by atoms with Crippen molar-refractivity contribution in [1.29, 1.82) is 0 Å². The van der Waals surface area contributed by atoms with Gasteiger partial charge >= 0.3 is 0 Å². The molecule has 1 aromatic rings. The highest BCUT2D eigenvalue weighted by atomic mass is 35.5. The summed E-state index contributed by atoms with van der Waals surface area (Å²) >= 11 is 5.89. The van der Waals surface area contributed by atoms with E-state index < -0.39 is 0 Å². The average molecular weight is 213 g/mol. The van der Waals surface area contributed by atoms with Crippen LogP contribution in [0.15, 0.2) is 18.2 Å². The van der Waals surface area contributed by atoms with E-state index >= 15 is 0 Å². The Kier molecular flexibility index (Phi) is 3.78. The molecule has 2 nitrogen and oxygen atoms in total. The number of rotatable bonds is 3. The van der Waals surface area contributed by atoms with Crippen LogP contribution in [0.5, 0.6) is 0 Å². The Morgan fingerprint density at radius 3 is 2.64 bits per heavy atom. The normalized spacial score (nSPS) is 12.6. The second-order valence-corrected chi connectivity index (χ2v) is 4.06. The summed E-state index contributed by atoms with van der Waals surface area (Å²) in [6.45, 7) is 4.81. The molecule has 1 rings (SSSR count). The number of benzene rings is 1. The Morgan fingerprint density at radius 1 is 1.50 bits per heavy atom. The van der Waals surface area contributed by atoms with Gasteiger partial charge in [-0.05, 0) is 37.6 Å². The lowest BCUT2D eigenvalue weighted by Gasteiger charge is -2.27. The summed E-state index contributed by atoms with van der Waals surface area (Å²) in [5, 5.41) is 0.778. The first kappa shape index (κ1) is 11.3. The smallest absolute Gasteiger partial charge is 0.0410 e. The molecule has 0 amide bonds. The first-order valence-corrected chi connectivity index (χ1v) is 5.13. The van der Waals surface area contributed by atoms with Gasteiger partial charge in [0.15, 0.2) is 0 Å². The molecule has 1 aromatic carbocycles. The van der Waals surface area contributed by atoms with Crippen LogP contribution in [0, 0.1) is 6.92 Å². The van der Waals surface area contributed by atoms with Crippen LogP contribution in [0.3, 0.4) is 0 Å². The van der Waals surface area contributed by atoms with Crippen LogP contribution in [0.2, 0.25) is 5.02 Å². The summed E-state index contributed by atoms with van der Waals surface area (Å²) in [6, 6.07) is 6.25. The summed E-state index contributed by atoms with van der Waals surface area (Å²) in [7, 11) is 2.05. The number of anilines is 1. The lowest BCUT2D eigenvalue weighted by Crippen LogP contribution is -2.35. The predicted molar refractivity (Wildman–Crippen MR) is 63.1 cm³/mol. The maximum atomic E-state index is 5.89. The summed E-state index contributed by atoms with van der Waals surface area (Å²) in [4.78, 5) is 2.17. The third kappa shape index (κ3) is 2.40. The van der Waals surface area contributed by atoms with Crippen molar-refractivity contribution in [2.45, 2.75) is 19.9 Å². The molecule has 3 heteroatoms. The van der Waals surface area contributed by atoms with Crippen LogP contribution in [0.1, 0.15) is 12.5 Å². The fourth-order valence-electron chi connectivity index (χ4n) is 1.41. The predicted octanol–water partition coefficient (Wildman–Crippen LogP) is 2.43. The van der Waals surface area contributed by atoms with Gasteiger partial charge < -0.3 is 10.6 Å². The third-order valence-electron chi connectivity index (χ3n) is 2.54. The van der Waals surface area contributed by atoms with Crippen molar-refractivity contribution in [3.8, 4) is 0 Å². The minimum atomic E-state index is 0.342. The van der Waals surface area contributed by atoms with E-state index in [1.807, 2.05) is 25.2 Å². The van der Waals surface area contributed by atoms with Crippen molar-refractivity contribution in [2.24, 2.45) is 5.73 Å². The second-order valence-electron chi connectivity index (χ2n) is 3.63. The standard InChI is InChI=1S/C11H17ClN2/c1-8-6-10(12)4-5-11(8)14(3)9(2)7-13/h4-6,9H,7,13H2,1-3H3. The van der Waals surface area contributed by atoms with Gasteiger partial charge in [0.1, 0.15) is 0 Å². The molecule has 0 aromatic heterocycles. The van der Waals surface area contributed by atoms with Crippen LogP contribution in [0.4, 0.5) is 5.69 Å². The van der Waals surface area contributed by atoms with E-state index in [0.29, 0.717) is 12.6 Å². The number of nitrogens with zero attached hydrogens (tertiary/aromatic N) is 1. The molecule has 0 radical (unpaired) electrons. The van der Waals surface area contributed by atoms with E-state index in [-0.39, 0.29) is 0 Å². The number of hydrogen-bond donors (Lipinski definition) is 1. The van der Waals surface area contributed by atoms with Crippen molar-refractivity contribution in [2.75, 3.05) is 18.5 Å². The van der Waals surface area contributed by atoms with E-state index in [1.54, 1.807) is 0 Å². The van der Waals surface area contributed by atoms with Crippen molar-refractivity contribution in [3.05, 3.63) is 28.8 Å². The monoisotopic (exact) mass is 212 g/mol. The summed E-state index contributed by atoms with van der Waals surface area (Å²) in [6.07, 6.45) is 0. The van der Waals surface area contributed by atoms with Gasteiger partial charge in [-0.15, -0.1) is 0 Å². The molecule has 0 aliphatic heterocycles. The zero-order valence-corrected chi connectivity index (χ0v) is 9.67. The minimum Gasteiger partial charge on any atom is -0.370 e. The van der Waals surface area contributed by atoms with Crippen LogP contribution < -0.4 is 10.6 Å². The van der Waals surface area contributed by atoms with Crippen LogP contribution in [-0.4, -0.2) is 19.6 Å². The average Bonchev–Trinajstić information content (AvgIpc) is 2.15. The molecular weight excluding hydrogens is 196 g/mol. The molecule has 1 unspecified atom stereocenters. The van der Waals surface area contributed by atoms with Gasteiger partial charge in [0.25, 0.3) is 0 Å². The minimum absolute atomic E-state index is 0.342. The van der Waals surface area contributed by atoms with Gasteiger partial charge in [-0.25, -0.2) is 0 Å². The quantitative estimate of drug-likeness (QED) is 0.834. The summed E-state index contributed by atoms with van der Waals surface area (Å²) < 4.78 is 0. The number of hydrogen-bond acceptors (Lipinski definition) is 2. The molecular formula is C11H17ClN2. The van der Waals surface area contributed by atoms with Crippen molar-refractivity contribution < 1.29 is 0 Å². The van der Waals surface area contributed by atoms with Crippen molar-refractivity contribution in [1.82, 2.24) is 0 Å². The number of nitrogens with two attached hydrogens (primary N) is 1.